The predicted octanol–water partition coefficient (Wildman–Crippen LogP) is 2.16. The van der Waals surface area contributed by atoms with Gasteiger partial charge in [0.2, 0.25) is 4.47 Å². The van der Waals surface area contributed by atoms with E-state index >= 15 is 0 Å². The Hall–Kier alpha value is -0.720. The summed E-state index contributed by atoms with van der Waals surface area (Å²) in [7, 11) is 0. The summed E-state index contributed by atoms with van der Waals surface area (Å²) in [5.41, 5.74) is -0.0937. The van der Waals surface area contributed by atoms with Crippen molar-refractivity contribution < 1.29 is 0 Å². The number of hydrogen-bond acceptors (Lipinski definition) is 4. The molecule has 2 aromatic rings. The molecule has 15 heavy (non-hydrogen) atoms. The van der Waals surface area contributed by atoms with Crippen molar-refractivity contribution in [3.63, 3.8) is 0 Å². The van der Waals surface area contributed by atoms with Crippen molar-refractivity contribution in [2.24, 2.45) is 0 Å². The third kappa shape index (κ3) is 2.45. The number of rotatable bonds is 2. The van der Waals surface area contributed by atoms with Crippen molar-refractivity contribution in [3.8, 4) is 0 Å². The highest BCUT2D eigenvalue weighted by Crippen LogP contribution is 2.15. The zero-order chi connectivity index (χ0) is 10.8. The first-order valence-electron chi connectivity index (χ1n) is 3.99. The molecule has 0 saturated heterocycles. The fourth-order valence-corrected chi connectivity index (χ4v) is 2.32. The fourth-order valence-electron chi connectivity index (χ4n) is 1.07. The molecule has 0 saturated carbocycles. The number of nitrogens with zero attached hydrogens (tertiary/aromatic N) is 3. The molecule has 0 aliphatic heterocycles. The van der Waals surface area contributed by atoms with E-state index in [9.17, 15) is 4.79 Å². The molecule has 0 aromatic carbocycles. The molecule has 4 nitrogen and oxygen atoms in total. The van der Waals surface area contributed by atoms with Gasteiger partial charge in [-0.05, 0) is 39.7 Å². The molecule has 0 radical (unpaired) electrons. The van der Waals surface area contributed by atoms with Crippen molar-refractivity contribution in [1.29, 1.82) is 0 Å². The Labute approximate surface area is 103 Å². The molecule has 78 valence electrons. The molecule has 0 aliphatic carbocycles. The predicted molar refractivity (Wildman–Crippen MR) is 62.4 cm³/mol. The van der Waals surface area contributed by atoms with Gasteiger partial charge in [-0.1, -0.05) is 11.3 Å². The van der Waals surface area contributed by atoms with E-state index in [2.05, 4.69) is 26.1 Å². The van der Waals surface area contributed by atoms with Gasteiger partial charge >= 0.3 is 0 Å². The summed E-state index contributed by atoms with van der Waals surface area (Å²) in [6.07, 6.45) is 1.70. The van der Waals surface area contributed by atoms with Crippen LogP contribution in [0.1, 0.15) is 5.01 Å². The summed E-state index contributed by atoms with van der Waals surface area (Å²) in [5.74, 6) is 0. The Morgan fingerprint density at radius 1 is 1.53 bits per heavy atom. The Morgan fingerprint density at radius 2 is 2.33 bits per heavy atom. The standard InChI is InChI=1S/C8H5BrClN3OS/c9-5-2-1-3-13(7(5)14)4-6-11-12-8(10)15-6/h1-3H,4H2. The first kappa shape index (κ1) is 10.8. The molecule has 0 aliphatic rings. The van der Waals surface area contributed by atoms with Gasteiger partial charge in [-0.3, -0.25) is 4.79 Å². The van der Waals surface area contributed by atoms with Gasteiger partial charge in [0.1, 0.15) is 5.01 Å². The lowest BCUT2D eigenvalue weighted by molar-refractivity contribution is 0.740. The maximum atomic E-state index is 11.6. The van der Waals surface area contributed by atoms with E-state index in [4.69, 9.17) is 11.6 Å². The maximum absolute atomic E-state index is 11.6. The molecule has 0 fully saturated rings. The van der Waals surface area contributed by atoms with Gasteiger partial charge in [-0.25, -0.2) is 0 Å². The topological polar surface area (TPSA) is 47.8 Å². The summed E-state index contributed by atoms with van der Waals surface area (Å²) >= 11 is 10.1. The average molecular weight is 307 g/mol. The van der Waals surface area contributed by atoms with E-state index in [0.29, 0.717) is 20.5 Å². The summed E-state index contributed by atoms with van der Waals surface area (Å²) in [5, 5.41) is 8.22. The summed E-state index contributed by atoms with van der Waals surface area (Å²) in [6, 6.07) is 3.49. The fraction of sp³-hybridized carbons (Fsp3) is 0.125. The molecule has 0 unspecified atom stereocenters. The number of hydrogen-bond donors (Lipinski definition) is 0. The van der Waals surface area contributed by atoms with Gasteiger partial charge < -0.3 is 4.57 Å². The smallest absolute Gasteiger partial charge is 0.265 e. The highest BCUT2D eigenvalue weighted by atomic mass is 79.9. The zero-order valence-corrected chi connectivity index (χ0v) is 10.5. The van der Waals surface area contributed by atoms with Crippen LogP contribution in [0.3, 0.4) is 0 Å². The van der Waals surface area contributed by atoms with Gasteiger partial charge in [-0.2, -0.15) is 0 Å². The van der Waals surface area contributed by atoms with E-state index in [-0.39, 0.29) is 5.56 Å². The van der Waals surface area contributed by atoms with Gasteiger partial charge in [-0.15, -0.1) is 10.2 Å². The normalized spacial score (nSPS) is 10.5. The molecular formula is C8H5BrClN3OS. The van der Waals surface area contributed by atoms with E-state index in [1.54, 1.807) is 22.9 Å². The molecule has 2 rings (SSSR count). The molecule has 2 aromatic heterocycles. The Kier molecular flexibility index (Phi) is 3.18. The minimum Gasteiger partial charge on any atom is -0.308 e. The van der Waals surface area contributed by atoms with Crippen molar-refractivity contribution in [3.05, 3.63) is 42.6 Å². The minimum absolute atomic E-state index is 0.0937. The van der Waals surface area contributed by atoms with Crippen LogP contribution in [0, 0.1) is 0 Å². The van der Waals surface area contributed by atoms with Gasteiger partial charge in [0.05, 0.1) is 11.0 Å². The van der Waals surface area contributed by atoms with Gasteiger partial charge in [0, 0.05) is 6.20 Å². The first-order valence-corrected chi connectivity index (χ1v) is 5.98. The van der Waals surface area contributed by atoms with E-state index in [0.717, 1.165) is 0 Å². The minimum atomic E-state index is -0.0937. The Morgan fingerprint density at radius 3 is 3.00 bits per heavy atom. The number of halogens is 2. The van der Waals surface area contributed by atoms with E-state index in [1.807, 2.05) is 0 Å². The highest BCUT2D eigenvalue weighted by Gasteiger charge is 2.05. The third-order valence-corrected chi connectivity index (χ3v) is 3.33. The van der Waals surface area contributed by atoms with Crippen LogP contribution < -0.4 is 5.56 Å². The monoisotopic (exact) mass is 305 g/mol. The largest absolute Gasteiger partial charge is 0.308 e. The average Bonchev–Trinajstić information content (AvgIpc) is 2.59. The molecular weight excluding hydrogens is 302 g/mol. The second kappa shape index (κ2) is 4.42. The lowest BCUT2D eigenvalue weighted by Crippen LogP contribution is -2.20. The van der Waals surface area contributed by atoms with Crippen LogP contribution >= 0.6 is 38.9 Å². The molecule has 0 atom stereocenters. The maximum Gasteiger partial charge on any atom is 0.265 e. The Balaban J connectivity index is 2.32. The van der Waals surface area contributed by atoms with Crippen LogP contribution in [-0.4, -0.2) is 14.8 Å². The first-order chi connectivity index (χ1) is 7.16. The molecule has 0 amide bonds. The summed E-state index contributed by atoms with van der Waals surface area (Å²) < 4.78 is 2.45. The van der Waals surface area contributed by atoms with Crippen molar-refractivity contribution in [2.45, 2.75) is 6.54 Å². The lowest BCUT2D eigenvalue weighted by atomic mass is 10.4. The van der Waals surface area contributed by atoms with Crippen LogP contribution in [0.15, 0.2) is 27.6 Å². The van der Waals surface area contributed by atoms with Crippen LogP contribution in [0.5, 0.6) is 0 Å². The SMILES string of the molecule is O=c1c(Br)cccn1Cc1nnc(Cl)s1. The second-order valence-electron chi connectivity index (χ2n) is 2.74. The summed E-state index contributed by atoms with van der Waals surface area (Å²) in [6.45, 7) is 0.392. The molecule has 2 heterocycles. The molecule has 0 spiro atoms. The van der Waals surface area contributed by atoms with Crippen LogP contribution in [-0.2, 0) is 6.54 Å². The van der Waals surface area contributed by atoms with Crippen molar-refractivity contribution in [1.82, 2.24) is 14.8 Å². The second-order valence-corrected chi connectivity index (χ2v) is 5.24. The molecule has 0 N–H and O–H groups in total. The number of pyridine rings is 1. The third-order valence-electron chi connectivity index (χ3n) is 1.72. The number of aromatic nitrogens is 3. The van der Waals surface area contributed by atoms with Gasteiger partial charge in [0.25, 0.3) is 5.56 Å². The molecule has 0 bridgehead atoms. The van der Waals surface area contributed by atoms with Crippen LogP contribution in [0.4, 0.5) is 0 Å². The van der Waals surface area contributed by atoms with E-state index < -0.39 is 0 Å². The highest BCUT2D eigenvalue weighted by molar-refractivity contribution is 9.10. The lowest BCUT2D eigenvalue weighted by Gasteiger charge is -2.01. The van der Waals surface area contributed by atoms with Crippen LogP contribution in [0.25, 0.3) is 0 Å². The quantitative estimate of drug-likeness (QED) is 0.854. The zero-order valence-electron chi connectivity index (χ0n) is 7.35. The van der Waals surface area contributed by atoms with Crippen molar-refractivity contribution >= 4 is 38.9 Å². The van der Waals surface area contributed by atoms with Crippen molar-refractivity contribution in [2.75, 3.05) is 0 Å². The van der Waals surface area contributed by atoms with Gasteiger partial charge in [0.15, 0.2) is 0 Å². The van der Waals surface area contributed by atoms with E-state index in [1.165, 1.54) is 11.3 Å². The molecule has 7 heteroatoms. The van der Waals surface area contributed by atoms with Crippen LogP contribution in [0.2, 0.25) is 4.47 Å². The Bertz CT molecular complexity index is 539. The summed E-state index contributed by atoms with van der Waals surface area (Å²) in [4.78, 5) is 11.6.